The average Bonchev–Trinajstić information content (AvgIpc) is 2.80. The molecule has 4 aromatic rings. The molecule has 0 unspecified atom stereocenters. The van der Waals surface area contributed by atoms with Crippen LogP contribution in [0, 0.1) is 13.8 Å². The van der Waals surface area contributed by atoms with Crippen LogP contribution < -0.4 is 4.57 Å². The van der Waals surface area contributed by atoms with Crippen LogP contribution >= 0.6 is 0 Å². The van der Waals surface area contributed by atoms with E-state index in [1.54, 1.807) is 0 Å². The second kappa shape index (κ2) is 8.44. The van der Waals surface area contributed by atoms with Gasteiger partial charge in [0, 0.05) is 13.0 Å². The van der Waals surface area contributed by atoms with E-state index in [1.807, 2.05) is 0 Å². The molecule has 152 valence electrons. The second-order valence-corrected chi connectivity index (χ2v) is 8.33. The van der Waals surface area contributed by atoms with Gasteiger partial charge >= 0.3 is 0 Å². The molecule has 0 aliphatic rings. The minimum atomic E-state index is 0.546. The fourth-order valence-electron chi connectivity index (χ4n) is 4.53. The standard InChI is InChI=1S/C29H32N/c1-6-22(7-2)24-15-16-27-26(18-24)17-21(4)30(5)29(27)28-19-25(14-13-20(28)3)23-11-9-8-10-12-23/h8-19,22H,6-7H2,1-5H3/q+1/i17D. The van der Waals surface area contributed by atoms with Gasteiger partial charge in [0.2, 0.25) is 5.69 Å². The Balaban J connectivity index is 2.00. The molecule has 30 heavy (non-hydrogen) atoms. The zero-order valence-electron chi connectivity index (χ0n) is 19.8. The molecule has 0 fully saturated rings. The van der Waals surface area contributed by atoms with Crippen molar-refractivity contribution in [2.24, 2.45) is 7.05 Å². The summed E-state index contributed by atoms with van der Waals surface area (Å²) in [6.45, 7) is 8.74. The van der Waals surface area contributed by atoms with Gasteiger partial charge < -0.3 is 0 Å². The van der Waals surface area contributed by atoms with Gasteiger partial charge in [0.15, 0.2) is 5.69 Å². The van der Waals surface area contributed by atoms with Gasteiger partial charge in [-0.1, -0.05) is 68.4 Å². The Morgan fingerprint density at radius 3 is 2.30 bits per heavy atom. The number of fused-ring (bicyclic) bond motifs is 1. The number of nitrogens with zero attached hydrogens (tertiary/aromatic N) is 1. The normalized spacial score (nSPS) is 11.9. The summed E-state index contributed by atoms with van der Waals surface area (Å²) in [5.74, 6) is 0.546. The second-order valence-electron chi connectivity index (χ2n) is 8.33. The van der Waals surface area contributed by atoms with Gasteiger partial charge in [-0.3, -0.25) is 0 Å². The molecule has 0 amide bonds. The molecular weight excluding hydrogens is 362 g/mol. The van der Waals surface area contributed by atoms with Crippen LogP contribution in [0.2, 0.25) is 0 Å². The topological polar surface area (TPSA) is 3.88 Å². The molecule has 3 aromatic carbocycles. The summed E-state index contributed by atoms with van der Waals surface area (Å²) in [7, 11) is 2.09. The lowest BCUT2D eigenvalue weighted by Gasteiger charge is -2.16. The van der Waals surface area contributed by atoms with Gasteiger partial charge in [-0.05, 0) is 65.5 Å². The van der Waals surface area contributed by atoms with Gasteiger partial charge in [0.1, 0.15) is 7.05 Å². The predicted molar refractivity (Wildman–Crippen MR) is 129 cm³/mol. The van der Waals surface area contributed by atoms with Crippen LogP contribution in [0.5, 0.6) is 0 Å². The first kappa shape index (κ1) is 19.1. The van der Waals surface area contributed by atoms with E-state index < -0.39 is 0 Å². The summed E-state index contributed by atoms with van der Waals surface area (Å²) < 4.78 is 11.0. The molecule has 0 saturated carbocycles. The quantitative estimate of drug-likeness (QED) is 0.308. The molecule has 0 aliphatic carbocycles. The summed E-state index contributed by atoms with van der Waals surface area (Å²) in [6, 6.07) is 24.7. The van der Waals surface area contributed by atoms with Gasteiger partial charge in [-0.2, -0.15) is 4.57 Å². The number of hydrogen-bond acceptors (Lipinski definition) is 0. The van der Waals surface area contributed by atoms with Gasteiger partial charge in [0.05, 0.1) is 12.3 Å². The average molecular weight is 396 g/mol. The zero-order chi connectivity index (χ0) is 22.1. The van der Waals surface area contributed by atoms with Crippen molar-refractivity contribution >= 4 is 10.8 Å². The number of benzene rings is 3. The molecular formula is C29H32N+. The van der Waals surface area contributed by atoms with E-state index in [9.17, 15) is 0 Å². The van der Waals surface area contributed by atoms with Crippen molar-refractivity contribution in [3.8, 4) is 22.4 Å². The fourth-order valence-corrected chi connectivity index (χ4v) is 4.53. The molecule has 1 aromatic heterocycles. The lowest BCUT2D eigenvalue weighted by atomic mass is 9.90. The van der Waals surface area contributed by atoms with Crippen LogP contribution in [-0.2, 0) is 7.05 Å². The maximum atomic E-state index is 8.85. The van der Waals surface area contributed by atoms with E-state index in [0.29, 0.717) is 12.0 Å². The van der Waals surface area contributed by atoms with Crippen molar-refractivity contribution in [3.63, 3.8) is 0 Å². The Hall–Kier alpha value is -2.93. The molecule has 0 bridgehead atoms. The lowest BCUT2D eigenvalue weighted by Crippen LogP contribution is -2.35. The number of hydrogen-bond donors (Lipinski definition) is 0. The van der Waals surface area contributed by atoms with Crippen LogP contribution in [0.25, 0.3) is 33.2 Å². The van der Waals surface area contributed by atoms with Crippen molar-refractivity contribution in [2.75, 3.05) is 0 Å². The summed E-state index contributed by atoms with van der Waals surface area (Å²) in [5, 5.41) is 2.21. The largest absolute Gasteiger partial charge is 0.220 e. The van der Waals surface area contributed by atoms with Crippen LogP contribution in [0.4, 0.5) is 0 Å². The van der Waals surface area contributed by atoms with Crippen LogP contribution in [0.15, 0.2) is 72.8 Å². The molecule has 0 spiro atoms. The molecule has 4 rings (SSSR count). The Bertz CT molecular complexity index is 1240. The van der Waals surface area contributed by atoms with E-state index in [4.69, 9.17) is 1.37 Å². The zero-order valence-corrected chi connectivity index (χ0v) is 18.8. The molecule has 1 heterocycles. The molecule has 0 N–H and O–H groups in total. The molecule has 0 atom stereocenters. The third-order valence-electron chi connectivity index (χ3n) is 6.51. The molecule has 0 saturated heterocycles. The maximum Gasteiger partial charge on any atom is 0.220 e. The third kappa shape index (κ3) is 3.65. The fraction of sp³-hybridized carbons (Fsp3) is 0.276. The molecule has 0 aliphatic heterocycles. The number of aryl methyl sites for hydroxylation is 1. The molecule has 0 radical (unpaired) electrons. The van der Waals surface area contributed by atoms with E-state index in [2.05, 4.69) is 106 Å². The van der Waals surface area contributed by atoms with Crippen molar-refractivity contribution in [2.45, 2.75) is 46.5 Å². The summed E-state index contributed by atoms with van der Waals surface area (Å²) in [5.41, 5.74) is 8.45. The highest BCUT2D eigenvalue weighted by Crippen LogP contribution is 2.34. The summed E-state index contributed by atoms with van der Waals surface area (Å²) in [6.07, 6.45) is 2.25. The Morgan fingerprint density at radius 2 is 1.60 bits per heavy atom. The molecule has 1 nitrogen and oxygen atoms in total. The Morgan fingerprint density at radius 1 is 0.867 bits per heavy atom. The highest BCUT2D eigenvalue weighted by Gasteiger charge is 2.21. The SMILES string of the molecule is [2H]c1c(C)[n+](C)c(-c2cc(-c3ccccc3)ccc2C)c2ccc(C(CC)CC)cc12. The number of aromatic nitrogens is 1. The number of pyridine rings is 1. The van der Waals surface area contributed by atoms with Crippen molar-refractivity contribution < 1.29 is 5.94 Å². The first-order valence-electron chi connectivity index (χ1n) is 11.6. The van der Waals surface area contributed by atoms with E-state index >= 15 is 0 Å². The summed E-state index contributed by atoms with van der Waals surface area (Å²) >= 11 is 0. The Labute approximate surface area is 182 Å². The minimum absolute atomic E-state index is 0.546. The minimum Gasteiger partial charge on any atom is -0.198 e. The third-order valence-corrected chi connectivity index (χ3v) is 6.51. The first-order chi connectivity index (χ1) is 15.0. The van der Waals surface area contributed by atoms with E-state index in [-0.39, 0.29) is 0 Å². The van der Waals surface area contributed by atoms with E-state index in [0.717, 1.165) is 29.3 Å². The predicted octanol–water partition coefficient (Wildman–Crippen LogP) is 7.52. The van der Waals surface area contributed by atoms with Crippen LogP contribution in [-0.4, -0.2) is 0 Å². The van der Waals surface area contributed by atoms with Gasteiger partial charge in [0.25, 0.3) is 0 Å². The van der Waals surface area contributed by atoms with Crippen molar-refractivity contribution in [1.82, 2.24) is 0 Å². The monoisotopic (exact) mass is 395 g/mol. The van der Waals surface area contributed by atoms with Crippen molar-refractivity contribution in [3.05, 3.63) is 89.6 Å². The number of rotatable bonds is 5. The van der Waals surface area contributed by atoms with Crippen LogP contribution in [0.1, 0.15) is 50.8 Å². The van der Waals surface area contributed by atoms with Crippen molar-refractivity contribution in [1.29, 1.82) is 0 Å². The maximum absolute atomic E-state index is 8.85. The van der Waals surface area contributed by atoms with Gasteiger partial charge in [-0.25, -0.2) is 0 Å². The smallest absolute Gasteiger partial charge is 0.198 e. The Kier molecular flexibility index (Phi) is 5.36. The lowest BCUT2D eigenvalue weighted by molar-refractivity contribution is -0.665. The van der Waals surface area contributed by atoms with E-state index in [1.165, 1.54) is 33.5 Å². The highest BCUT2D eigenvalue weighted by atomic mass is 14.9. The highest BCUT2D eigenvalue weighted by molar-refractivity contribution is 5.95. The van der Waals surface area contributed by atoms with Gasteiger partial charge in [-0.15, -0.1) is 0 Å². The summed E-state index contributed by atoms with van der Waals surface area (Å²) in [4.78, 5) is 0. The first-order valence-corrected chi connectivity index (χ1v) is 11.1. The van der Waals surface area contributed by atoms with Crippen LogP contribution in [0.3, 0.4) is 0 Å². The molecule has 1 heteroatoms.